The standard InChI is InChI=1S/C112H75BN16/c1-112(2,3)90-68-97-99-98(69-90)127(92-61-55-77(56-62-92)75-49-51-85(52-50-75)104-122-108-118-100(81-27-14-6-15-28-81)114-106-115-101(82-29-16-7-17-30-82)119-109(123-104)128(106)108)95-63-57-87(79-43-41-73(42-44-79)71-25-12-5-13-26-71)66-93(95)113(99)94-67-88(58-64-96(94)126(97)91-59-53-76(54-60-91)74-39-37-72(38-40-74)70-23-10-4-11-24-70)80-47-45-78(46-48-80)86-35-22-36-89(65-86)105-124-110-120-102(83-31-18-8-19-32-83)116-107-117-103(84-33-20-9-21-34-84)121-111(125-105)129(107)110/h4-69H,1-3H3. The molecule has 0 aromatic heterocycles. The number of amidine groups is 6. The van der Waals surface area contributed by atoms with Gasteiger partial charge in [0.25, 0.3) is 6.71 Å². The predicted octanol–water partition coefficient (Wildman–Crippen LogP) is 22.8. The van der Waals surface area contributed by atoms with E-state index < -0.39 is 0 Å². The molecule has 24 rings (SSSR count). The molecule has 606 valence electrons. The van der Waals surface area contributed by atoms with Gasteiger partial charge in [-0.15, -0.1) is 0 Å². The van der Waals surface area contributed by atoms with Gasteiger partial charge in [-0.3, -0.25) is 0 Å². The minimum atomic E-state index is -0.271. The lowest BCUT2D eigenvalue weighted by Gasteiger charge is -2.45. The van der Waals surface area contributed by atoms with Gasteiger partial charge in [0.2, 0.25) is 35.8 Å². The highest BCUT2D eigenvalue weighted by atomic mass is 15.5. The van der Waals surface area contributed by atoms with Crippen molar-refractivity contribution in [2.75, 3.05) is 9.80 Å². The van der Waals surface area contributed by atoms with E-state index in [-0.39, 0.29) is 12.1 Å². The number of rotatable bonds is 15. The van der Waals surface area contributed by atoms with Gasteiger partial charge in [-0.05, 0) is 160 Å². The lowest BCUT2D eigenvalue weighted by atomic mass is 9.33. The first-order valence-corrected chi connectivity index (χ1v) is 43.3. The number of guanidine groups is 6. The molecule has 0 spiro atoms. The van der Waals surface area contributed by atoms with E-state index in [0.717, 1.165) is 129 Å². The molecule has 0 fully saturated rings. The van der Waals surface area contributed by atoms with Crippen LogP contribution in [0.2, 0.25) is 0 Å². The Bertz CT molecular complexity index is 7590. The zero-order chi connectivity index (χ0) is 85.8. The molecule has 8 aliphatic heterocycles. The van der Waals surface area contributed by atoms with Crippen LogP contribution in [0.5, 0.6) is 0 Å². The Morgan fingerprint density at radius 3 is 0.690 bits per heavy atom. The van der Waals surface area contributed by atoms with Crippen molar-refractivity contribution in [2.45, 2.75) is 26.2 Å². The van der Waals surface area contributed by atoms with Crippen molar-refractivity contribution in [3.63, 3.8) is 0 Å². The fourth-order valence-electron chi connectivity index (χ4n) is 18.1. The Morgan fingerprint density at radius 2 is 0.395 bits per heavy atom. The van der Waals surface area contributed by atoms with Crippen LogP contribution >= 0.6 is 0 Å². The maximum Gasteiger partial charge on any atom is 0.252 e. The SMILES string of the molecule is CC(C)(C)c1cc2c3c(c1)N(c1ccc(-c4ccc(-c5ccccc5)cc4)cc1)c1ccc(-c4ccc(-c5cccc(C6=NC7=NC(c8ccccc8)=NC8=NC(c9ccccc9)=NC(=N6)N87)c5)cc4)cc1B3c1cc(-c3ccc(-c4ccccc4)cc3)ccc1N2c1ccc(-c2ccc(C3=NC4=NC(c5ccccc5)=NC5=NC(c6ccccc6)=NC(=N3)N54)cc2)cc1. The van der Waals surface area contributed by atoms with E-state index in [1.54, 1.807) is 9.80 Å². The van der Waals surface area contributed by atoms with Crippen LogP contribution in [-0.4, -0.2) is 87.3 Å². The summed E-state index contributed by atoms with van der Waals surface area (Å²) in [5, 5.41) is 0. The zero-order valence-corrected chi connectivity index (χ0v) is 70.3. The van der Waals surface area contributed by atoms with Crippen molar-refractivity contribution in [2.24, 2.45) is 59.9 Å². The van der Waals surface area contributed by atoms with E-state index in [2.05, 4.69) is 304 Å². The summed E-state index contributed by atoms with van der Waals surface area (Å²) < 4.78 is 0. The number of hydrogen-bond donors (Lipinski definition) is 0. The van der Waals surface area contributed by atoms with Gasteiger partial charge in [0.05, 0.1) is 0 Å². The summed E-state index contributed by atoms with van der Waals surface area (Å²) in [7, 11) is 0. The van der Waals surface area contributed by atoms with E-state index in [4.69, 9.17) is 59.9 Å². The van der Waals surface area contributed by atoms with Crippen molar-refractivity contribution in [1.82, 2.24) is 9.80 Å². The molecule has 8 aliphatic rings. The van der Waals surface area contributed by atoms with Crippen LogP contribution in [0, 0.1) is 0 Å². The number of nitrogens with zero attached hydrogens (tertiary/aromatic N) is 16. The van der Waals surface area contributed by atoms with Crippen molar-refractivity contribution in [1.29, 1.82) is 0 Å². The highest BCUT2D eigenvalue weighted by Crippen LogP contribution is 2.49. The van der Waals surface area contributed by atoms with Crippen molar-refractivity contribution < 1.29 is 0 Å². The molecule has 16 aromatic carbocycles. The summed E-state index contributed by atoms with van der Waals surface area (Å²) in [5.74, 6) is 5.36. The molecule has 0 N–H and O–H groups in total. The normalized spacial score (nSPS) is 15.0. The topological polar surface area (TPSA) is 161 Å². The average molecular weight is 1660 g/mol. The van der Waals surface area contributed by atoms with Crippen molar-refractivity contribution in [3.8, 4) is 77.9 Å². The maximum absolute atomic E-state index is 5.13. The van der Waals surface area contributed by atoms with E-state index in [1.165, 1.54) is 38.6 Å². The van der Waals surface area contributed by atoms with Crippen molar-refractivity contribution >= 4 is 128 Å². The summed E-state index contributed by atoms with van der Waals surface area (Å²) >= 11 is 0. The highest BCUT2D eigenvalue weighted by Gasteiger charge is 2.46. The number of benzene rings is 16. The van der Waals surface area contributed by atoms with E-state index in [1.807, 2.05) is 127 Å². The predicted molar refractivity (Wildman–Crippen MR) is 530 cm³/mol. The molecule has 0 saturated heterocycles. The second-order valence-electron chi connectivity index (χ2n) is 33.8. The Balaban J connectivity index is 0.620. The smallest absolute Gasteiger partial charge is 0.252 e. The van der Waals surface area contributed by atoms with Crippen LogP contribution in [0.25, 0.3) is 77.9 Å². The number of anilines is 6. The summed E-state index contributed by atoms with van der Waals surface area (Å²) in [6.45, 7) is 6.76. The lowest BCUT2D eigenvalue weighted by molar-refractivity contribution is 0.590. The molecular weight excluding hydrogens is 1580 g/mol. The summed E-state index contributed by atoms with van der Waals surface area (Å²) in [4.78, 5) is 68.8. The molecule has 17 heteroatoms. The van der Waals surface area contributed by atoms with Crippen molar-refractivity contribution in [3.05, 3.63) is 439 Å². The average Bonchev–Trinajstić information content (AvgIpc) is 0.693. The summed E-state index contributed by atoms with van der Waals surface area (Å²) in [6.07, 6.45) is 0. The van der Waals surface area contributed by atoms with Gasteiger partial charge in [0, 0.05) is 67.5 Å². The number of hydrogen-bond acceptors (Lipinski definition) is 16. The highest BCUT2D eigenvalue weighted by molar-refractivity contribution is 7.00. The Kier molecular flexibility index (Phi) is 18.1. The van der Waals surface area contributed by atoms with Crippen LogP contribution < -0.4 is 26.2 Å². The molecule has 0 atom stereocenters. The lowest BCUT2D eigenvalue weighted by Crippen LogP contribution is -2.61. The summed E-state index contributed by atoms with van der Waals surface area (Å²) in [6, 6.07) is 142. The monoisotopic (exact) mass is 1650 g/mol. The Labute approximate surface area is 746 Å². The van der Waals surface area contributed by atoms with E-state index in [9.17, 15) is 0 Å². The summed E-state index contributed by atoms with van der Waals surface area (Å²) in [5.41, 5.74) is 31.6. The Hall–Kier alpha value is -17.2. The molecule has 0 bridgehead atoms. The molecular formula is C112H75BN16. The molecule has 16 aromatic rings. The minimum absolute atomic E-state index is 0.234. The number of aliphatic imine (C=N–C) groups is 12. The van der Waals surface area contributed by atoms with Gasteiger partial charge < -0.3 is 9.80 Å². The first-order chi connectivity index (χ1) is 63.5. The molecule has 16 nitrogen and oxygen atoms in total. The maximum atomic E-state index is 5.13. The fraction of sp³-hybridized carbons (Fsp3) is 0.0357. The van der Waals surface area contributed by atoms with Gasteiger partial charge >= 0.3 is 0 Å². The van der Waals surface area contributed by atoms with E-state index >= 15 is 0 Å². The van der Waals surface area contributed by atoms with Gasteiger partial charge in [-0.1, -0.05) is 367 Å². The molecule has 0 unspecified atom stereocenters. The second kappa shape index (κ2) is 30.9. The number of fused-ring (bicyclic) bond motifs is 4. The Morgan fingerprint density at radius 1 is 0.178 bits per heavy atom. The van der Waals surface area contributed by atoms with Crippen LogP contribution in [0.3, 0.4) is 0 Å². The van der Waals surface area contributed by atoms with Gasteiger partial charge in [0.1, 0.15) is 0 Å². The van der Waals surface area contributed by atoms with Crippen LogP contribution in [0.4, 0.5) is 34.1 Å². The van der Waals surface area contributed by atoms with E-state index in [0.29, 0.717) is 70.8 Å². The molecule has 0 saturated carbocycles. The quantitative estimate of drug-likeness (QED) is 0.0935. The van der Waals surface area contributed by atoms with Gasteiger partial charge in [-0.2, -0.15) is 59.9 Å². The minimum Gasteiger partial charge on any atom is -0.311 e. The molecule has 0 aliphatic carbocycles. The molecule has 8 heterocycles. The fourth-order valence-corrected chi connectivity index (χ4v) is 18.1. The third-order valence-electron chi connectivity index (χ3n) is 24.8. The van der Waals surface area contributed by atoms with Crippen LogP contribution in [-0.2, 0) is 5.41 Å². The third-order valence-corrected chi connectivity index (χ3v) is 24.8. The molecule has 0 amide bonds. The van der Waals surface area contributed by atoms with Gasteiger partial charge in [-0.25, -0.2) is 9.80 Å². The van der Waals surface area contributed by atoms with Gasteiger partial charge in [0.15, 0.2) is 35.0 Å². The third kappa shape index (κ3) is 13.8. The molecule has 0 radical (unpaired) electrons. The zero-order valence-electron chi connectivity index (χ0n) is 70.3. The van der Waals surface area contributed by atoms with Crippen LogP contribution in [0.15, 0.2) is 460 Å². The first-order valence-electron chi connectivity index (χ1n) is 43.3. The first kappa shape index (κ1) is 75.6. The second-order valence-corrected chi connectivity index (χ2v) is 33.8. The largest absolute Gasteiger partial charge is 0.311 e. The van der Waals surface area contributed by atoms with Crippen LogP contribution in [0.1, 0.15) is 59.7 Å². The molecule has 129 heavy (non-hydrogen) atoms.